The molecule has 0 saturated carbocycles. The minimum absolute atomic E-state index is 0.129. The highest BCUT2D eigenvalue weighted by atomic mass is 19.1. The highest BCUT2D eigenvalue weighted by molar-refractivity contribution is 5.84. The number of aryl methyl sites for hydroxylation is 3. The quantitative estimate of drug-likeness (QED) is 0.494. The lowest BCUT2D eigenvalue weighted by Gasteiger charge is -2.11. The van der Waals surface area contributed by atoms with E-state index >= 15 is 0 Å². The summed E-state index contributed by atoms with van der Waals surface area (Å²) in [4.78, 5) is 22.7. The molecule has 2 rings (SSSR count). The largest absolute Gasteiger partial charge is 0.312 e. The van der Waals surface area contributed by atoms with Crippen molar-refractivity contribution in [2.24, 2.45) is 12.1 Å². The zero-order valence-corrected chi connectivity index (χ0v) is 14.4. The maximum atomic E-state index is 13.8. The van der Waals surface area contributed by atoms with Crippen LogP contribution in [0.4, 0.5) is 10.1 Å². The van der Waals surface area contributed by atoms with Crippen molar-refractivity contribution in [3.8, 4) is 0 Å². The summed E-state index contributed by atoms with van der Waals surface area (Å²) in [6.45, 7) is 6.16. The van der Waals surface area contributed by atoms with Gasteiger partial charge in [0.2, 0.25) is 5.95 Å². The van der Waals surface area contributed by atoms with E-state index in [1.165, 1.54) is 32.5 Å². The van der Waals surface area contributed by atoms with Crippen molar-refractivity contribution in [2.45, 2.75) is 33.7 Å². The van der Waals surface area contributed by atoms with E-state index in [0.29, 0.717) is 5.69 Å². The zero-order chi connectivity index (χ0) is 18.9. The summed E-state index contributed by atoms with van der Waals surface area (Å²) in [5.74, 6) is -1.11. The van der Waals surface area contributed by atoms with Gasteiger partial charge in [-0.25, -0.2) is 10.1 Å². The van der Waals surface area contributed by atoms with Gasteiger partial charge in [-0.1, -0.05) is 0 Å². The lowest BCUT2D eigenvalue weighted by atomic mass is 10.3. The molecule has 25 heavy (non-hydrogen) atoms. The van der Waals surface area contributed by atoms with Gasteiger partial charge in [-0.2, -0.15) is 19.7 Å². The summed E-state index contributed by atoms with van der Waals surface area (Å²) >= 11 is 0. The Morgan fingerprint density at radius 2 is 2.00 bits per heavy atom. The first-order valence-electron chi connectivity index (χ1n) is 7.37. The molecule has 2 aromatic heterocycles. The van der Waals surface area contributed by atoms with Gasteiger partial charge in [0.15, 0.2) is 0 Å². The third-order valence-electron chi connectivity index (χ3n) is 3.78. The van der Waals surface area contributed by atoms with Crippen LogP contribution in [0.3, 0.4) is 0 Å². The predicted octanol–water partition coefficient (Wildman–Crippen LogP) is 1.30. The van der Waals surface area contributed by atoms with Crippen molar-refractivity contribution >= 4 is 17.8 Å². The number of hydrogen-bond donors (Lipinski definition) is 1. The Balaban J connectivity index is 2.15. The van der Waals surface area contributed by atoms with E-state index in [2.05, 4.69) is 20.7 Å². The molecule has 0 aliphatic heterocycles. The Hall–Kier alpha value is -3.11. The lowest BCUT2D eigenvalue weighted by molar-refractivity contribution is -0.386. The molecule has 2 aromatic rings. The van der Waals surface area contributed by atoms with E-state index < -0.39 is 22.8 Å². The van der Waals surface area contributed by atoms with Crippen LogP contribution in [0.25, 0.3) is 0 Å². The van der Waals surface area contributed by atoms with Gasteiger partial charge in [-0.3, -0.25) is 19.6 Å². The van der Waals surface area contributed by atoms with Crippen molar-refractivity contribution in [1.29, 1.82) is 0 Å². The standard InChI is InChI=1S/C14H18FN7O3/c1-7-11(13(15)20(5)18-7)6-16-17-14(23)10(4)21-9(3)12(22(24)25)8(2)19-21/h6,10H,1-5H3,(H,17,23)/b16-6-/t10-/m1/s1. The number of hydrazone groups is 1. The van der Waals surface area contributed by atoms with Crippen LogP contribution in [0.2, 0.25) is 0 Å². The van der Waals surface area contributed by atoms with Gasteiger partial charge >= 0.3 is 5.69 Å². The molecule has 0 radical (unpaired) electrons. The average molecular weight is 351 g/mol. The van der Waals surface area contributed by atoms with E-state index in [0.717, 1.165) is 10.9 Å². The smallest absolute Gasteiger partial charge is 0.271 e. The zero-order valence-electron chi connectivity index (χ0n) is 14.4. The van der Waals surface area contributed by atoms with Crippen LogP contribution < -0.4 is 5.43 Å². The number of nitrogens with one attached hydrogen (secondary N) is 1. The molecular weight excluding hydrogens is 333 g/mol. The van der Waals surface area contributed by atoms with Crippen molar-refractivity contribution in [3.05, 3.63) is 38.7 Å². The van der Waals surface area contributed by atoms with Gasteiger partial charge in [0.1, 0.15) is 17.4 Å². The number of rotatable bonds is 5. The number of nitrogens with zero attached hydrogens (tertiary/aromatic N) is 6. The second-order valence-corrected chi connectivity index (χ2v) is 5.54. The molecule has 0 aliphatic carbocycles. The van der Waals surface area contributed by atoms with E-state index in [1.807, 2.05) is 0 Å². The molecule has 0 unspecified atom stereocenters. The molecule has 11 heteroatoms. The van der Waals surface area contributed by atoms with E-state index in [4.69, 9.17) is 0 Å². The van der Waals surface area contributed by atoms with Gasteiger partial charge in [0, 0.05) is 7.05 Å². The summed E-state index contributed by atoms with van der Waals surface area (Å²) in [7, 11) is 1.45. The monoisotopic (exact) mass is 351 g/mol. The third-order valence-corrected chi connectivity index (χ3v) is 3.78. The average Bonchev–Trinajstić information content (AvgIpc) is 2.96. The summed E-state index contributed by atoms with van der Waals surface area (Å²) in [6.07, 6.45) is 1.16. The van der Waals surface area contributed by atoms with Gasteiger partial charge in [-0.15, -0.1) is 0 Å². The summed E-state index contributed by atoms with van der Waals surface area (Å²) in [5, 5.41) is 22.7. The molecular formula is C14H18FN7O3. The Kier molecular flexibility index (Phi) is 4.95. The number of nitro groups is 1. The normalized spacial score (nSPS) is 12.6. The number of halogens is 1. The molecule has 2 heterocycles. The predicted molar refractivity (Wildman–Crippen MR) is 86.7 cm³/mol. The fraction of sp³-hybridized carbons (Fsp3) is 0.429. The first-order valence-corrected chi connectivity index (χ1v) is 7.37. The van der Waals surface area contributed by atoms with E-state index in [9.17, 15) is 19.3 Å². The molecule has 1 N–H and O–H groups in total. The SMILES string of the molecule is Cc1nn(C)c(F)c1/C=N\NC(=O)[C@@H](C)n1nc(C)c([N+](=O)[O-])c1C. The van der Waals surface area contributed by atoms with Gasteiger partial charge in [0.05, 0.1) is 22.4 Å². The van der Waals surface area contributed by atoms with Gasteiger partial charge < -0.3 is 0 Å². The molecule has 0 aromatic carbocycles. The van der Waals surface area contributed by atoms with Crippen LogP contribution in [0.1, 0.15) is 35.6 Å². The topological polar surface area (TPSA) is 120 Å². The van der Waals surface area contributed by atoms with Gasteiger partial charge in [-0.05, 0) is 27.7 Å². The molecule has 10 nitrogen and oxygen atoms in total. The molecule has 0 spiro atoms. The molecule has 0 saturated heterocycles. The van der Waals surface area contributed by atoms with Crippen LogP contribution >= 0.6 is 0 Å². The van der Waals surface area contributed by atoms with Crippen molar-refractivity contribution in [3.63, 3.8) is 0 Å². The first-order chi connectivity index (χ1) is 11.6. The van der Waals surface area contributed by atoms with Crippen LogP contribution in [0.15, 0.2) is 5.10 Å². The fourth-order valence-corrected chi connectivity index (χ4v) is 2.45. The second-order valence-electron chi connectivity index (χ2n) is 5.54. The van der Waals surface area contributed by atoms with Crippen molar-refractivity contribution in [1.82, 2.24) is 25.0 Å². The molecule has 1 atom stereocenters. The number of amides is 1. The third kappa shape index (κ3) is 3.39. The highest BCUT2D eigenvalue weighted by Crippen LogP contribution is 2.24. The van der Waals surface area contributed by atoms with Gasteiger partial charge in [0.25, 0.3) is 5.91 Å². The Labute approximate surface area is 142 Å². The number of carbonyl (C=O) groups excluding carboxylic acids is 1. The summed E-state index contributed by atoms with van der Waals surface area (Å²) in [5.41, 5.74) is 3.23. The number of aromatic nitrogens is 4. The molecule has 1 amide bonds. The highest BCUT2D eigenvalue weighted by Gasteiger charge is 2.26. The van der Waals surface area contributed by atoms with Crippen LogP contribution in [0.5, 0.6) is 0 Å². The minimum Gasteiger partial charge on any atom is -0.271 e. The Morgan fingerprint density at radius 3 is 2.48 bits per heavy atom. The minimum atomic E-state index is -0.829. The summed E-state index contributed by atoms with van der Waals surface area (Å²) < 4.78 is 16.1. The van der Waals surface area contributed by atoms with E-state index in [-0.39, 0.29) is 22.6 Å². The summed E-state index contributed by atoms with van der Waals surface area (Å²) in [6, 6.07) is -0.829. The van der Waals surface area contributed by atoms with Crippen LogP contribution in [-0.4, -0.2) is 36.6 Å². The lowest BCUT2D eigenvalue weighted by Crippen LogP contribution is -2.28. The maximum Gasteiger partial charge on any atom is 0.312 e. The second kappa shape index (κ2) is 6.79. The Morgan fingerprint density at radius 1 is 1.36 bits per heavy atom. The maximum absolute atomic E-state index is 13.8. The van der Waals surface area contributed by atoms with Crippen LogP contribution in [0, 0.1) is 36.8 Å². The number of carbonyl (C=O) groups is 1. The number of hydrogen-bond acceptors (Lipinski definition) is 6. The van der Waals surface area contributed by atoms with Crippen LogP contribution in [-0.2, 0) is 11.8 Å². The molecule has 0 aliphatic rings. The fourth-order valence-electron chi connectivity index (χ4n) is 2.45. The Bertz CT molecular complexity index is 868. The molecule has 134 valence electrons. The molecule has 0 fully saturated rings. The van der Waals surface area contributed by atoms with Crippen molar-refractivity contribution < 1.29 is 14.1 Å². The van der Waals surface area contributed by atoms with E-state index in [1.54, 1.807) is 6.92 Å². The molecule has 0 bridgehead atoms. The first kappa shape index (κ1) is 18.2. The van der Waals surface area contributed by atoms with Crippen molar-refractivity contribution in [2.75, 3.05) is 0 Å².